The van der Waals surface area contributed by atoms with Crippen molar-refractivity contribution in [1.82, 2.24) is 5.32 Å². The van der Waals surface area contributed by atoms with Crippen molar-refractivity contribution in [3.63, 3.8) is 0 Å². The molecule has 18 heavy (non-hydrogen) atoms. The average Bonchev–Trinajstić information content (AvgIpc) is 2.38. The van der Waals surface area contributed by atoms with Crippen LogP contribution in [0.2, 0.25) is 0 Å². The fraction of sp³-hybridized carbons (Fsp3) is 0.571. The molecule has 0 spiro atoms. The van der Waals surface area contributed by atoms with Gasteiger partial charge in [0.15, 0.2) is 0 Å². The van der Waals surface area contributed by atoms with Crippen molar-refractivity contribution in [2.75, 3.05) is 26.3 Å². The van der Waals surface area contributed by atoms with Crippen LogP contribution in [0.1, 0.15) is 12.0 Å². The second-order valence-corrected chi connectivity index (χ2v) is 4.60. The van der Waals surface area contributed by atoms with E-state index in [-0.39, 0.29) is 12.2 Å². The van der Waals surface area contributed by atoms with Gasteiger partial charge in [-0.1, -0.05) is 30.3 Å². The molecule has 2 N–H and O–H groups in total. The molecule has 1 fully saturated rings. The summed E-state index contributed by atoms with van der Waals surface area (Å²) >= 11 is 0. The number of nitrogens with one attached hydrogen (secondary N) is 1. The third-order valence-electron chi connectivity index (χ3n) is 2.97. The van der Waals surface area contributed by atoms with Gasteiger partial charge in [-0.2, -0.15) is 0 Å². The lowest BCUT2D eigenvalue weighted by Crippen LogP contribution is -2.39. The minimum Gasteiger partial charge on any atom is -0.391 e. The highest BCUT2D eigenvalue weighted by Crippen LogP contribution is 2.04. The molecule has 0 aliphatic carbocycles. The highest BCUT2D eigenvalue weighted by molar-refractivity contribution is 5.13. The fourth-order valence-electron chi connectivity index (χ4n) is 1.91. The van der Waals surface area contributed by atoms with Crippen molar-refractivity contribution in [2.24, 2.45) is 0 Å². The minimum absolute atomic E-state index is 0.0173. The number of aliphatic hydroxyl groups is 1. The first kappa shape index (κ1) is 13.5. The van der Waals surface area contributed by atoms with Crippen LogP contribution in [-0.2, 0) is 16.1 Å². The summed E-state index contributed by atoms with van der Waals surface area (Å²) in [5, 5.41) is 12.8. The first-order valence-electron chi connectivity index (χ1n) is 6.46. The molecule has 1 unspecified atom stereocenters. The number of rotatable bonds is 4. The van der Waals surface area contributed by atoms with Crippen LogP contribution in [-0.4, -0.2) is 43.6 Å². The smallest absolute Gasteiger partial charge is 0.0933 e. The van der Waals surface area contributed by atoms with Crippen molar-refractivity contribution >= 4 is 0 Å². The second kappa shape index (κ2) is 7.48. The van der Waals surface area contributed by atoms with Gasteiger partial charge in [-0.05, 0) is 18.5 Å². The third kappa shape index (κ3) is 4.74. The summed E-state index contributed by atoms with van der Waals surface area (Å²) in [6.07, 6.45) is 0.399. The summed E-state index contributed by atoms with van der Waals surface area (Å²) in [4.78, 5) is 0. The highest BCUT2D eigenvalue weighted by atomic mass is 16.5. The molecular formula is C14H21NO3. The number of hydrogen-bond acceptors (Lipinski definition) is 4. The van der Waals surface area contributed by atoms with E-state index in [1.807, 2.05) is 30.3 Å². The van der Waals surface area contributed by atoms with Gasteiger partial charge < -0.3 is 19.9 Å². The van der Waals surface area contributed by atoms with E-state index in [9.17, 15) is 5.11 Å². The Labute approximate surface area is 108 Å². The first-order chi connectivity index (χ1) is 8.84. The molecule has 1 heterocycles. The summed E-state index contributed by atoms with van der Waals surface area (Å²) < 4.78 is 11.2. The van der Waals surface area contributed by atoms with Gasteiger partial charge in [0.05, 0.1) is 32.0 Å². The van der Waals surface area contributed by atoms with Gasteiger partial charge in [-0.15, -0.1) is 0 Å². The summed E-state index contributed by atoms with van der Waals surface area (Å²) in [5.41, 5.74) is 1.16. The van der Waals surface area contributed by atoms with Crippen molar-refractivity contribution in [3.05, 3.63) is 35.9 Å². The van der Waals surface area contributed by atoms with Crippen molar-refractivity contribution < 1.29 is 14.6 Å². The summed E-state index contributed by atoms with van der Waals surface area (Å²) in [6.45, 7) is 3.17. The van der Waals surface area contributed by atoms with Crippen molar-refractivity contribution in [1.29, 1.82) is 0 Å². The molecule has 100 valence electrons. The Balaban J connectivity index is 1.69. The van der Waals surface area contributed by atoms with Gasteiger partial charge in [0.1, 0.15) is 0 Å². The zero-order valence-electron chi connectivity index (χ0n) is 10.5. The van der Waals surface area contributed by atoms with Crippen LogP contribution in [0.15, 0.2) is 30.3 Å². The molecule has 1 saturated heterocycles. The molecule has 1 aliphatic rings. The zero-order chi connectivity index (χ0) is 12.6. The third-order valence-corrected chi connectivity index (χ3v) is 2.97. The van der Waals surface area contributed by atoms with Crippen LogP contribution in [0.5, 0.6) is 0 Å². The van der Waals surface area contributed by atoms with Crippen molar-refractivity contribution in [3.8, 4) is 0 Å². The molecule has 1 aliphatic heterocycles. The first-order valence-corrected chi connectivity index (χ1v) is 6.46. The predicted molar refractivity (Wildman–Crippen MR) is 69.3 cm³/mol. The molecule has 1 aromatic carbocycles. The highest BCUT2D eigenvalue weighted by Gasteiger charge is 2.15. The van der Waals surface area contributed by atoms with Crippen LogP contribution >= 0.6 is 0 Å². The quantitative estimate of drug-likeness (QED) is 0.836. The fourth-order valence-corrected chi connectivity index (χ4v) is 1.91. The van der Waals surface area contributed by atoms with Crippen LogP contribution in [0.3, 0.4) is 0 Å². The normalized spacial score (nSPS) is 25.4. The largest absolute Gasteiger partial charge is 0.391 e. The zero-order valence-corrected chi connectivity index (χ0v) is 10.5. The SMILES string of the molecule is OC1CCNC[C@@H](COCc2ccccc2)OC1. The van der Waals surface area contributed by atoms with Crippen LogP contribution < -0.4 is 5.32 Å². The van der Waals surface area contributed by atoms with E-state index < -0.39 is 0 Å². The Morgan fingerprint density at radius 2 is 2.17 bits per heavy atom. The lowest BCUT2D eigenvalue weighted by Gasteiger charge is -2.23. The Hall–Kier alpha value is -0.940. The second-order valence-electron chi connectivity index (χ2n) is 4.60. The van der Waals surface area contributed by atoms with E-state index in [0.29, 0.717) is 19.8 Å². The standard InChI is InChI=1S/C14H21NO3/c16-13-6-7-15-8-14(18-10-13)11-17-9-12-4-2-1-3-5-12/h1-5,13-16H,6-11H2/t13?,14-/m0/s1. The van der Waals surface area contributed by atoms with Crippen LogP contribution in [0.4, 0.5) is 0 Å². The molecule has 0 bridgehead atoms. The lowest BCUT2D eigenvalue weighted by atomic mass is 10.2. The Kier molecular flexibility index (Phi) is 5.61. The molecule has 0 saturated carbocycles. The van der Waals surface area contributed by atoms with E-state index in [4.69, 9.17) is 9.47 Å². The van der Waals surface area contributed by atoms with E-state index in [1.165, 1.54) is 0 Å². The molecule has 0 amide bonds. The van der Waals surface area contributed by atoms with Crippen molar-refractivity contribution in [2.45, 2.75) is 25.2 Å². The van der Waals surface area contributed by atoms with Crippen LogP contribution in [0, 0.1) is 0 Å². The van der Waals surface area contributed by atoms with Gasteiger partial charge in [-0.25, -0.2) is 0 Å². The molecular weight excluding hydrogens is 230 g/mol. The van der Waals surface area contributed by atoms with Gasteiger partial charge >= 0.3 is 0 Å². The van der Waals surface area contributed by atoms with E-state index in [1.54, 1.807) is 0 Å². The van der Waals surface area contributed by atoms with E-state index >= 15 is 0 Å². The topological polar surface area (TPSA) is 50.7 Å². The Bertz CT molecular complexity index is 331. The van der Waals surface area contributed by atoms with E-state index in [0.717, 1.165) is 25.1 Å². The maximum Gasteiger partial charge on any atom is 0.0933 e. The predicted octanol–water partition coefficient (Wildman–Crippen LogP) is 0.943. The molecule has 2 rings (SSSR count). The maximum absolute atomic E-state index is 9.53. The molecule has 1 aromatic rings. The number of benzene rings is 1. The number of aliphatic hydroxyl groups excluding tert-OH is 1. The summed E-state index contributed by atoms with van der Waals surface area (Å²) in [5.74, 6) is 0. The molecule has 4 nitrogen and oxygen atoms in total. The molecule has 2 atom stereocenters. The Morgan fingerprint density at radius 1 is 1.33 bits per heavy atom. The molecule has 0 aromatic heterocycles. The van der Waals surface area contributed by atoms with E-state index in [2.05, 4.69) is 5.32 Å². The monoisotopic (exact) mass is 251 g/mol. The Morgan fingerprint density at radius 3 is 3.00 bits per heavy atom. The number of ether oxygens (including phenoxy) is 2. The molecule has 4 heteroatoms. The van der Waals surface area contributed by atoms with Gasteiger partial charge in [0.25, 0.3) is 0 Å². The average molecular weight is 251 g/mol. The van der Waals surface area contributed by atoms with Crippen LogP contribution in [0.25, 0.3) is 0 Å². The molecule has 0 radical (unpaired) electrons. The van der Waals surface area contributed by atoms with Gasteiger partial charge in [-0.3, -0.25) is 0 Å². The minimum atomic E-state index is -0.366. The van der Waals surface area contributed by atoms with Gasteiger partial charge in [0, 0.05) is 6.54 Å². The summed E-state index contributed by atoms with van der Waals surface area (Å²) in [7, 11) is 0. The maximum atomic E-state index is 9.53. The van der Waals surface area contributed by atoms with Gasteiger partial charge in [0.2, 0.25) is 0 Å². The lowest BCUT2D eigenvalue weighted by molar-refractivity contribution is -0.0590. The summed E-state index contributed by atoms with van der Waals surface area (Å²) in [6, 6.07) is 10.1. The number of hydrogen-bond donors (Lipinski definition) is 2.